The highest BCUT2D eigenvalue weighted by molar-refractivity contribution is 8.15. The summed E-state index contributed by atoms with van der Waals surface area (Å²) in [6.07, 6.45) is 1.47. The van der Waals surface area contributed by atoms with Gasteiger partial charge < -0.3 is 19.9 Å². The van der Waals surface area contributed by atoms with E-state index in [2.05, 4.69) is 15.5 Å². The van der Waals surface area contributed by atoms with Gasteiger partial charge in [-0.15, -0.1) is 5.10 Å². The fraction of sp³-hybridized carbons (Fsp3) is 0.250. The highest BCUT2D eigenvalue weighted by Crippen LogP contribution is 2.36. The van der Waals surface area contributed by atoms with E-state index in [1.165, 1.54) is 32.2 Å². The van der Waals surface area contributed by atoms with Crippen molar-refractivity contribution in [3.63, 3.8) is 0 Å². The molecule has 2 rings (SSSR count). The van der Waals surface area contributed by atoms with E-state index in [4.69, 9.17) is 9.47 Å². The molecule has 7 nitrogen and oxygen atoms in total. The van der Waals surface area contributed by atoms with Crippen molar-refractivity contribution in [1.29, 1.82) is 0 Å². The molecule has 0 atom stereocenters. The summed E-state index contributed by atoms with van der Waals surface area (Å²) in [6, 6.07) is 3.20. The summed E-state index contributed by atoms with van der Waals surface area (Å²) in [5, 5.41) is 20.5. The summed E-state index contributed by atoms with van der Waals surface area (Å²) < 4.78 is 10.1. The second kappa shape index (κ2) is 6.29. The Bertz CT molecular complexity index is 561. The Kier molecular flexibility index (Phi) is 4.46. The van der Waals surface area contributed by atoms with Crippen LogP contribution >= 0.6 is 11.8 Å². The van der Waals surface area contributed by atoms with Crippen LogP contribution in [0.15, 0.2) is 22.3 Å². The van der Waals surface area contributed by atoms with Gasteiger partial charge in [0.05, 0.1) is 26.2 Å². The van der Waals surface area contributed by atoms with Crippen LogP contribution in [-0.2, 0) is 4.79 Å². The maximum atomic E-state index is 11.0. The van der Waals surface area contributed by atoms with Crippen LogP contribution in [0.5, 0.6) is 17.2 Å². The normalized spacial score (nSPS) is 16.7. The first kappa shape index (κ1) is 14.2. The number of methoxy groups -OCH3 is 2. The molecule has 8 heteroatoms. The lowest BCUT2D eigenvalue weighted by molar-refractivity contribution is -0.116. The minimum atomic E-state index is -0.0862. The summed E-state index contributed by atoms with van der Waals surface area (Å²) in [5.41, 5.74) is 0.648. The van der Waals surface area contributed by atoms with Gasteiger partial charge in [0, 0.05) is 5.56 Å². The molecule has 0 aromatic heterocycles. The number of benzene rings is 1. The van der Waals surface area contributed by atoms with Gasteiger partial charge in [0.25, 0.3) is 0 Å². The Labute approximate surface area is 119 Å². The van der Waals surface area contributed by atoms with Gasteiger partial charge in [0.2, 0.25) is 11.7 Å². The minimum Gasteiger partial charge on any atom is -0.502 e. The molecule has 0 radical (unpaired) electrons. The molecular formula is C12H13N3O4S. The Balaban J connectivity index is 2.18. The minimum absolute atomic E-state index is 0.0722. The average Bonchev–Trinajstić information content (AvgIpc) is 2.86. The topological polar surface area (TPSA) is 92.5 Å². The van der Waals surface area contributed by atoms with Gasteiger partial charge in [-0.05, 0) is 12.1 Å². The predicted octanol–water partition coefficient (Wildman–Crippen LogP) is 0.962. The molecule has 1 aliphatic heterocycles. The van der Waals surface area contributed by atoms with E-state index in [0.717, 1.165) is 0 Å². The number of phenols is 1. The maximum absolute atomic E-state index is 11.0. The van der Waals surface area contributed by atoms with Crippen LogP contribution in [0, 0.1) is 0 Å². The zero-order valence-corrected chi connectivity index (χ0v) is 11.7. The van der Waals surface area contributed by atoms with E-state index < -0.39 is 0 Å². The number of amides is 1. The molecule has 1 aromatic carbocycles. The smallest absolute Gasteiger partial charge is 0.236 e. The molecule has 0 spiro atoms. The summed E-state index contributed by atoms with van der Waals surface area (Å²) >= 11 is 1.29. The van der Waals surface area contributed by atoms with Crippen molar-refractivity contribution >= 4 is 29.1 Å². The second-order valence-corrected chi connectivity index (χ2v) is 4.72. The maximum Gasteiger partial charge on any atom is 0.236 e. The third kappa shape index (κ3) is 3.21. The number of nitrogens with zero attached hydrogens (tertiary/aromatic N) is 2. The van der Waals surface area contributed by atoms with Crippen LogP contribution in [0.3, 0.4) is 0 Å². The molecule has 1 aromatic rings. The number of thioether (sulfide) groups is 1. The third-order valence-corrected chi connectivity index (χ3v) is 3.31. The van der Waals surface area contributed by atoms with Crippen LogP contribution in [-0.4, -0.2) is 42.4 Å². The lowest BCUT2D eigenvalue weighted by atomic mass is 10.2. The van der Waals surface area contributed by atoms with E-state index in [9.17, 15) is 9.90 Å². The molecule has 1 aliphatic rings. The highest BCUT2D eigenvalue weighted by Gasteiger charge is 2.16. The van der Waals surface area contributed by atoms with E-state index in [1.54, 1.807) is 12.1 Å². The molecule has 1 heterocycles. The number of carbonyl (C=O) groups excluding carboxylic acids is 1. The molecular weight excluding hydrogens is 282 g/mol. The lowest BCUT2D eigenvalue weighted by Gasteiger charge is -2.08. The third-order valence-electron chi connectivity index (χ3n) is 2.44. The summed E-state index contributed by atoms with van der Waals surface area (Å²) in [7, 11) is 2.89. The Hall–Kier alpha value is -2.22. The van der Waals surface area contributed by atoms with Crippen molar-refractivity contribution in [3.05, 3.63) is 17.7 Å². The van der Waals surface area contributed by atoms with Crippen molar-refractivity contribution in [3.8, 4) is 17.2 Å². The molecule has 1 amide bonds. The largest absolute Gasteiger partial charge is 0.502 e. The number of amidine groups is 1. The molecule has 1 saturated heterocycles. The molecule has 2 N–H and O–H groups in total. The number of hydrogen-bond acceptors (Lipinski definition) is 7. The number of aromatic hydroxyl groups is 1. The molecule has 20 heavy (non-hydrogen) atoms. The Morgan fingerprint density at radius 1 is 1.35 bits per heavy atom. The van der Waals surface area contributed by atoms with Gasteiger partial charge in [-0.1, -0.05) is 11.8 Å². The van der Waals surface area contributed by atoms with Crippen molar-refractivity contribution in [1.82, 2.24) is 5.32 Å². The van der Waals surface area contributed by atoms with Crippen molar-refractivity contribution in [2.75, 3.05) is 20.0 Å². The van der Waals surface area contributed by atoms with Crippen LogP contribution in [0.1, 0.15) is 5.56 Å². The Morgan fingerprint density at radius 3 is 2.50 bits per heavy atom. The number of carbonyl (C=O) groups is 1. The van der Waals surface area contributed by atoms with Gasteiger partial charge in [-0.2, -0.15) is 5.10 Å². The first-order valence-corrected chi connectivity index (χ1v) is 6.61. The second-order valence-electron chi connectivity index (χ2n) is 3.76. The highest BCUT2D eigenvalue weighted by atomic mass is 32.2. The summed E-state index contributed by atoms with van der Waals surface area (Å²) in [4.78, 5) is 11.0. The molecule has 1 fully saturated rings. The van der Waals surface area contributed by atoms with Crippen molar-refractivity contribution in [2.24, 2.45) is 10.2 Å². The Morgan fingerprint density at radius 2 is 2.00 bits per heavy atom. The van der Waals surface area contributed by atoms with Crippen LogP contribution in [0.2, 0.25) is 0 Å². The average molecular weight is 295 g/mol. The van der Waals surface area contributed by atoms with Gasteiger partial charge in [0.1, 0.15) is 0 Å². The van der Waals surface area contributed by atoms with Gasteiger partial charge in [-0.3, -0.25) is 4.79 Å². The monoisotopic (exact) mass is 295 g/mol. The summed E-state index contributed by atoms with van der Waals surface area (Å²) in [5.74, 6) is 0.757. The molecule has 0 aliphatic carbocycles. The molecule has 0 saturated carbocycles. The van der Waals surface area contributed by atoms with Gasteiger partial charge >= 0.3 is 0 Å². The van der Waals surface area contributed by atoms with Gasteiger partial charge in [0.15, 0.2) is 16.7 Å². The van der Waals surface area contributed by atoms with E-state index in [0.29, 0.717) is 16.5 Å². The number of rotatable bonds is 4. The quantitative estimate of drug-likeness (QED) is 0.637. The van der Waals surface area contributed by atoms with Crippen molar-refractivity contribution in [2.45, 2.75) is 0 Å². The predicted molar refractivity (Wildman–Crippen MR) is 76.8 cm³/mol. The SMILES string of the molecule is COc1cc(C=N/N=C2\NC(=O)CS2)cc(OC)c1O. The van der Waals surface area contributed by atoms with Crippen LogP contribution < -0.4 is 14.8 Å². The van der Waals surface area contributed by atoms with E-state index in [-0.39, 0.29) is 23.2 Å². The van der Waals surface area contributed by atoms with E-state index in [1.807, 2.05) is 0 Å². The van der Waals surface area contributed by atoms with Crippen molar-refractivity contribution < 1.29 is 19.4 Å². The first-order valence-electron chi connectivity index (χ1n) is 5.62. The fourth-order valence-corrected chi connectivity index (χ4v) is 2.15. The molecule has 0 unspecified atom stereocenters. The number of nitrogens with one attached hydrogen (secondary N) is 1. The zero-order chi connectivity index (χ0) is 14.5. The standard InChI is InChI=1S/C12H13N3O4S/c1-18-8-3-7(4-9(19-2)11(8)17)5-13-15-12-14-10(16)6-20-12/h3-5,17H,6H2,1-2H3,(H,14,15,16). The zero-order valence-electron chi connectivity index (χ0n) is 10.9. The molecule has 106 valence electrons. The lowest BCUT2D eigenvalue weighted by Crippen LogP contribution is -2.19. The van der Waals surface area contributed by atoms with Crippen LogP contribution in [0.25, 0.3) is 0 Å². The number of ether oxygens (including phenoxy) is 2. The van der Waals surface area contributed by atoms with E-state index >= 15 is 0 Å². The van der Waals surface area contributed by atoms with Crippen LogP contribution in [0.4, 0.5) is 0 Å². The number of hydrogen-bond donors (Lipinski definition) is 2. The number of phenolic OH excluding ortho intramolecular Hbond substituents is 1. The summed E-state index contributed by atoms with van der Waals surface area (Å²) in [6.45, 7) is 0. The first-order chi connectivity index (χ1) is 9.63. The van der Waals surface area contributed by atoms with Gasteiger partial charge in [-0.25, -0.2) is 0 Å². The molecule has 0 bridgehead atoms. The fourth-order valence-electron chi connectivity index (χ4n) is 1.52.